The zero-order valence-corrected chi connectivity index (χ0v) is 12.3. The third-order valence-electron chi connectivity index (χ3n) is 4.21. The summed E-state index contributed by atoms with van der Waals surface area (Å²) in [6.45, 7) is 2.15. The van der Waals surface area contributed by atoms with Crippen molar-refractivity contribution in [2.24, 2.45) is 5.92 Å². The van der Waals surface area contributed by atoms with Crippen molar-refractivity contribution in [1.29, 1.82) is 0 Å². The maximum Gasteiger partial charge on any atom is 0.305 e. The van der Waals surface area contributed by atoms with E-state index in [1.54, 1.807) is 19.1 Å². The van der Waals surface area contributed by atoms with Gasteiger partial charge in [-0.1, -0.05) is 31.9 Å². The van der Waals surface area contributed by atoms with Crippen LogP contribution in [0.1, 0.15) is 50.5 Å². The molecular weight excluding hydrogens is 270 g/mol. The number of non-ortho nitro benzene ring substituents is 1. The van der Waals surface area contributed by atoms with Gasteiger partial charge in [-0.2, -0.15) is 0 Å². The van der Waals surface area contributed by atoms with Gasteiger partial charge >= 0.3 is 5.97 Å². The van der Waals surface area contributed by atoms with Crippen LogP contribution < -0.4 is 0 Å². The first-order valence-corrected chi connectivity index (χ1v) is 7.51. The number of nitro groups is 1. The lowest BCUT2D eigenvalue weighted by atomic mass is 9.85. The number of esters is 1. The molecule has 0 aromatic heterocycles. The number of ether oxygens (including phenoxy) is 1. The summed E-state index contributed by atoms with van der Waals surface area (Å²) in [5.74, 6) is 0.444. The fraction of sp³-hybridized carbons (Fsp3) is 0.562. The molecule has 21 heavy (non-hydrogen) atoms. The molecule has 1 unspecified atom stereocenters. The highest BCUT2D eigenvalue weighted by Gasteiger charge is 2.27. The van der Waals surface area contributed by atoms with Gasteiger partial charge in [0, 0.05) is 24.5 Å². The van der Waals surface area contributed by atoms with Gasteiger partial charge in [0.1, 0.15) is 0 Å². The molecule has 1 aliphatic rings. The maximum atomic E-state index is 11.4. The van der Waals surface area contributed by atoms with E-state index in [0.29, 0.717) is 18.9 Å². The first-order chi connectivity index (χ1) is 10.1. The minimum Gasteiger partial charge on any atom is -0.465 e. The van der Waals surface area contributed by atoms with Crippen LogP contribution in [0.4, 0.5) is 5.69 Å². The lowest BCUT2D eigenvalue weighted by Crippen LogP contribution is -2.18. The molecule has 1 aromatic rings. The average molecular weight is 291 g/mol. The Morgan fingerprint density at radius 1 is 1.33 bits per heavy atom. The van der Waals surface area contributed by atoms with Crippen LogP contribution >= 0.6 is 0 Å². The molecule has 0 aliphatic heterocycles. The van der Waals surface area contributed by atoms with Crippen molar-refractivity contribution in [3.8, 4) is 0 Å². The number of rotatable bonds is 6. The van der Waals surface area contributed by atoms with Gasteiger partial charge in [-0.15, -0.1) is 0 Å². The first kappa shape index (κ1) is 15.5. The van der Waals surface area contributed by atoms with Gasteiger partial charge in [0.05, 0.1) is 11.5 Å². The van der Waals surface area contributed by atoms with Crippen LogP contribution in [-0.4, -0.2) is 17.5 Å². The largest absolute Gasteiger partial charge is 0.465 e. The third-order valence-corrected chi connectivity index (χ3v) is 4.21. The molecule has 2 rings (SSSR count). The van der Waals surface area contributed by atoms with Gasteiger partial charge in [-0.25, -0.2) is 0 Å². The number of benzene rings is 1. The van der Waals surface area contributed by atoms with E-state index >= 15 is 0 Å². The topological polar surface area (TPSA) is 69.4 Å². The molecule has 0 bridgehead atoms. The Bertz CT molecular complexity index is 492. The van der Waals surface area contributed by atoms with Crippen LogP contribution in [0.5, 0.6) is 0 Å². The van der Waals surface area contributed by atoms with Gasteiger partial charge in [0.2, 0.25) is 0 Å². The van der Waals surface area contributed by atoms with Crippen molar-refractivity contribution in [1.82, 2.24) is 0 Å². The van der Waals surface area contributed by atoms with E-state index in [1.807, 2.05) is 0 Å². The van der Waals surface area contributed by atoms with Crippen LogP contribution in [0.25, 0.3) is 0 Å². The van der Waals surface area contributed by atoms with E-state index in [9.17, 15) is 14.9 Å². The predicted molar refractivity (Wildman–Crippen MR) is 79.0 cm³/mol. The number of carbonyl (C=O) groups is 1. The Hall–Kier alpha value is -1.91. The summed E-state index contributed by atoms with van der Waals surface area (Å²) in [6.07, 6.45) is 5.04. The van der Waals surface area contributed by atoms with Crippen molar-refractivity contribution in [2.75, 3.05) is 6.61 Å². The van der Waals surface area contributed by atoms with Gasteiger partial charge in [0.15, 0.2) is 0 Å². The van der Waals surface area contributed by atoms with Crippen molar-refractivity contribution < 1.29 is 14.5 Å². The number of nitrogens with zero attached hydrogens (tertiary/aromatic N) is 1. The summed E-state index contributed by atoms with van der Waals surface area (Å²) in [6, 6.07) is 6.64. The van der Waals surface area contributed by atoms with Crippen LogP contribution in [0.15, 0.2) is 24.3 Å². The Kier molecular flexibility index (Phi) is 5.31. The van der Waals surface area contributed by atoms with Crippen LogP contribution in [0.3, 0.4) is 0 Å². The fourth-order valence-corrected chi connectivity index (χ4v) is 2.99. The molecule has 1 aromatic carbocycles. The molecule has 114 valence electrons. The Labute approximate surface area is 124 Å². The standard InChI is InChI=1S/C16H21NO4/c1-2-16(18)21-11-15(12-5-3-4-6-12)13-7-9-14(10-8-13)17(19)20/h7-10,12,15H,2-6,11H2,1H3. The minimum absolute atomic E-state index is 0.0921. The molecule has 5 heteroatoms. The maximum absolute atomic E-state index is 11.4. The normalized spacial score (nSPS) is 16.6. The van der Waals surface area contributed by atoms with E-state index in [4.69, 9.17) is 4.74 Å². The molecule has 0 N–H and O–H groups in total. The highest BCUT2D eigenvalue weighted by Crippen LogP contribution is 2.38. The molecule has 0 spiro atoms. The van der Waals surface area contributed by atoms with E-state index < -0.39 is 4.92 Å². The van der Waals surface area contributed by atoms with Gasteiger partial charge in [-0.05, 0) is 24.3 Å². The van der Waals surface area contributed by atoms with Crippen LogP contribution in [0.2, 0.25) is 0 Å². The molecule has 0 heterocycles. The molecule has 0 radical (unpaired) electrons. The third kappa shape index (κ3) is 4.03. The Balaban J connectivity index is 2.13. The summed E-state index contributed by atoms with van der Waals surface area (Å²) < 4.78 is 5.33. The first-order valence-electron chi connectivity index (χ1n) is 7.51. The van der Waals surface area contributed by atoms with E-state index in [0.717, 1.165) is 18.4 Å². The SMILES string of the molecule is CCC(=O)OCC(c1ccc([N+](=O)[O-])cc1)C1CCCC1. The van der Waals surface area contributed by atoms with Crippen molar-refractivity contribution in [3.63, 3.8) is 0 Å². The Morgan fingerprint density at radius 2 is 1.95 bits per heavy atom. The molecule has 5 nitrogen and oxygen atoms in total. The number of carbonyl (C=O) groups excluding carboxylic acids is 1. The zero-order chi connectivity index (χ0) is 15.2. The van der Waals surface area contributed by atoms with Crippen molar-refractivity contribution in [2.45, 2.75) is 44.9 Å². The molecule has 1 fully saturated rings. The second-order valence-electron chi connectivity index (χ2n) is 5.54. The summed E-state index contributed by atoms with van der Waals surface area (Å²) >= 11 is 0. The molecular formula is C16H21NO4. The molecule has 1 saturated carbocycles. The molecule has 0 saturated heterocycles. The summed E-state index contributed by atoms with van der Waals surface area (Å²) in [5.41, 5.74) is 1.12. The fourth-order valence-electron chi connectivity index (χ4n) is 2.99. The highest BCUT2D eigenvalue weighted by atomic mass is 16.6. The van der Waals surface area contributed by atoms with Crippen LogP contribution in [-0.2, 0) is 9.53 Å². The number of nitro benzene ring substituents is 1. The van der Waals surface area contributed by atoms with Gasteiger partial charge in [0.25, 0.3) is 5.69 Å². The van der Waals surface area contributed by atoms with Crippen molar-refractivity contribution in [3.05, 3.63) is 39.9 Å². The van der Waals surface area contributed by atoms with Gasteiger partial charge in [-0.3, -0.25) is 14.9 Å². The second-order valence-corrected chi connectivity index (χ2v) is 5.54. The molecule has 0 amide bonds. The lowest BCUT2D eigenvalue weighted by Gasteiger charge is -2.23. The van der Waals surface area contributed by atoms with E-state index in [1.165, 1.54) is 25.0 Å². The van der Waals surface area contributed by atoms with E-state index in [-0.39, 0.29) is 17.6 Å². The zero-order valence-electron chi connectivity index (χ0n) is 12.3. The molecule has 1 atom stereocenters. The Morgan fingerprint density at radius 3 is 2.48 bits per heavy atom. The predicted octanol–water partition coefficient (Wildman–Crippen LogP) is 3.82. The summed E-state index contributed by atoms with van der Waals surface area (Å²) in [5, 5.41) is 10.7. The minimum atomic E-state index is -0.397. The monoisotopic (exact) mass is 291 g/mol. The lowest BCUT2D eigenvalue weighted by molar-refractivity contribution is -0.384. The van der Waals surface area contributed by atoms with Crippen LogP contribution in [0, 0.1) is 16.0 Å². The second kappa shape index (κ2) is 7.20. The van der Waals surface area contributed by atoms with Crippen molar-refractivity contribution >= 4 is 11.7 Å². The molecule has 1 aliphatic carbocycles. The highest BCUT2D eigenvalue weighted by molar-refractivity contribution is 5.68. The smallest absolute Gasteiger partial charge is 0.305 e. The van der Waals surface area contributed by atoms with E-state index in [2.05, 4.69) is 0 Å². The summed E-state index contributed by atoms with van der Waals surface area (Å²) in [7, 11) is 0. The number of hydrogen-bond donors (Lipinski definition) is 0. The van der Waals surface area contributed by atoms with Gasteiger partial charge < -0.3 is 4.74 Å². The average Bonchev–Trinajstić information content (AvgIpc) is 3.01. The summed E-state index contributed by atoms with van der Waals surface area (Å²) in [4.78, 5) is 21.7. The number of hydrogen-bond acceptors (Lipinski definition) is 4. The quantitative estimate of drug-likeness (QED) is 0.454.